The molecule has 1 fully saturated rings. The van der Waals surface area contributed by atoms with Crippen molar-refractivity contribution in [2.75, 3.05) is 53.4 Å². The lowest BCUT2D eigenvalue weighted by Gasteiger charge is -2.35. The molecule has 1 heterocycles. The summed E-state index contributed by atoms with van der Waals surface area (Å²) >= 11 is 0. The van der Waals surface area contributed by atoms with Crippen LogP contribution in [-0.4, -0.2) is 85.2 Å². The van der Waals surface area contributed by atoms with Gasteiger partial charge in [-0.2, -0.15) is 0 Å². The monoisotopic (exact) mass is 291 g/mol. The van der Waals surface area contributed by atoms with E-state index in [9.17, 15) is 10.0 Å². The van der Waals surface area contributed by atoms with E-state index in [4.69, 9.17) is 0 Å². The van der Waals surface area contributed by atoms with Gasteiger partial charge in [-0.15, -0.1) is 0 Å². The number of hydrogen-bond donors (Lipinski definition) is 2. The van der Waals surface area contributed by atoms with Gasteiger partial charge in [0.25, 0.3) is 0 Å². The minimum atomic E-state index is -1.39. The number of hydrogen-bond acceptors (Lipinski definition) is 5. The normalized spacial score (nSPS) is 17.4. The summed E-state index contributed by atoms with van der Waals surface area (Å²) in [6.07, 6.45) is 0. The molecular formula is C15H26BN3O2. The molecule has 0 amide bonds. The molecule has 0 bridgehead atoms. The Balaban J connectivity index is 1.84. The first kappa shape index (κ1) is 16.5. The van der Waals surface area contributed by atoms with Crippen molar-refractivity contribution in [3.05, 3.63) is 29.8 Å². The van der Waals surface area contributed by atoms with Crippen LogP contribution >= 0.6 is 0 Å². The zero-order valence-electron chi connectivity index (χ0n) is 13.1. The van der Waals surface area contributed by atoms with Crippen LogP contribution < -0.4 is 5.46 Å². The van der Waals surface area contributed by atoms with Crippen LogP contribution in [0.25, 0.3) is 0 Å². The van der Waals surface area contributed by atoms with Gasteiger partial charge in [0.1, 0.15) is 0 Å². The maximum absolute atomic E-state index is 9.42. The molecule has 6 heteroatoms. The molecule has 0 aromatic heterocycles. The average Bonchev–Trinajstić information content (AvgIpc) is 2.47. The topological polar surface area (TPSA) is 50.2 Å². The molecule has 1 aromatic carbocycles. The quantitative estimate of drug-likeness (QED) is 0.662. The molecule has 0 atom stereocenters. The Morgan fingerprint density at radius 3 is 2.29 bits per heavy atom. The second kappa shape index (κ2) is 7.91. The van der Waals surface area contributed by atoms with Crippen molar-refractivity contribution in [1.29, 1.82) is 0 Å². The van der Waals surface area contributed by atoms with E-state index in [1.54, 1.807) is 6.07 Å². The molecule has 0 radical (unpaired) electrons. The van der Waals surface area contributed by atoms with Gasteiger partial charge in [-0.1, -0.05) is 24.3 Å². The van der Waals surface area contributed by atoms with Crippen LogP contribution in [-0.2, 0) is 6.54 Å². The van der Waals surface area contributed by atoms with E-state index in [0.717, 1.165) is 51.4 Å². The van der Waals surface area contributed by atoms with Gasteiger partial charge in [0, 0.05) is 45.8 Å². The molecule has 0 unspecified atom stereocenters. The fraction of sp³-hybridized carbons (Fsp3) is 0.600. The first-order chi connectivity index (χ1) is 10.1. The molecule has 5 nitrogen and oxygen atoms in total. The highest BCUT2D eigenvalue weighted by Crippen LogP contribution is 2.07. The molecule has 1 saturated heterocycles. The summed E-state index contributed by atoms with van der Waals surface area (Å²) in [4.78, 5) is 7.09. The summed E-state index contributed by atoms with van der Waals surface area (Å²) in [5.74, 6) is 0. The highest BCUT2D eigenvalue weighted by atomic mass is 16.4. The van der Waals surface area contributed by atoms with Crippen molar-refractivity contribution in [3.8, 4) is 0 Å². The third kappa shape index (κ3) is 5.09. The summed E-state index contributed by atoms with van der Waals surface area (Å²) in [6, 6.07) is 7.56. The van der Waals surface area contributed by atoms with Crippen molar-refractivity contribution in [1.82, 2.24) is 14.7 Å². The number of rotatable bonds is 6. The molecule has 2 rings (SSSR count). The number of nitrogens with zero attached hydrogens (tertiary/aromatic N) is 3. The van der Waals surface area contributed by atoms with Crippen LogP contribution in [0.4, 0.5) is 0 Å². The zero-order chi connectivity index (χ0) is 15.2. The van der Waals surface area contributed by atoms with E-state index in [1.807, 2.05) is 18.2 Å². The Morgan fingerprint density at radius 2 is 1.67 bits per heavy atom. The van der Waals surface area contributed by atoms with Gasteiger partial charge in [0.05, 0.1) is 0 Å². The Hall–Kier alpha value is -0.915. The van der Waals surface area contributed by atoms with Gasteiger partial charge in [0.2, 0.25) is 0 Å². The molecular weight excluding hydrogens is 265 g/mol. The molecule has 0 spiro atoms. The van der Waals surface area contributed by atoms with E-state index in [0.29, 0.717) is 5.46 Å². The number of piperazine rings is 1. The second-order valence-electron chi connectivity index (χ2n) is 5.99. The van der Waals surface area contributed by atoms with Gasteiger partial charge < -0.3 is 14.9 Å². The maximum atomic E-state index is 9.42. The van der Waals surface area contributed by atoms with E-state index >= 15 is 0 Å². The van der Waals surface area contributed by atoms with Gasteiger partial charge in [-0.25, -0.2) is 0 Å². The molecule has 0 saturated carbocycles. The fourth-order valence-electron chi connectivity index (χ4n) is 2.68. The van der Waals surface area contributed by atoms with Crippen LogP contribution in [0.2, 0.25) is 0 Å². The second-order valence-corrected chi connectivity index (χ2v) is 5.99. The van der Waals surface area contributed by atoms with Crippen molar-refractivity contribution in [3.63, 3.8) is 0 Å². The highest BCUT2D eigenvalue weighted by Gasteiger charge is 2.20. The van der Waals surface area contributed by atoms with Crippen molar-refractivity contribution >= 4 is 12.6 Å². The van der Waals surface area contributed by atoms with Crippen molar-refractivity contribution in [2.24, 2.45) is 0 Å². The fourth-order valence-corrected chi connectivity index (χ4v) is 2.68. The van der Waals surface area contributed by atoms with Crippen LogP contribution in [0.1, 0.15) is 5.56 Å². The smallest absolute Gasteiger partial charge is 0.423 e. The first-order valence-electron chi connectivity index (χ1n) is 7.59. The van der Waals surface area contributed by atoms with Gasteiger partial charge in [-0.3, -0.25) is 9.80 Å². The summed E-state index contributed by atoms with van der Waals surface area (Å²) in [5.41, 5.74) is 1.63. The van der Waals surface area contributed by atoms with Crippen molar-refractivity contribution in [2.45, 2.75) is 6.54 Å². The summed E-state index contributed by atoms with van der Waals surface area (Å²) in [5, 5.41) is 18.8. The van der Waals surface area contributed by atoms with Gasteiger partial charge in [0.15, 0.2) is 0 Å². The minimum Gasteiger partial charge on any atom is -0.423 e. The predicted octanol–water partition coefficient (Wildman–Crippen LogP) is -0.954. The molecule has 1 aliphatic rings. The van der Waals surface area contributed by atoms with Gasteiger partial charge in [-0.05, 0) is 25.1 Å². The summed E-state index contributed by atoms with van der Waals surface area (Å²) in [6.45, 7) is 7.23. The van der Waals surface area contributed by atoms with Crippen LogP contribution in [0.15, 0.2) is 24.3 Å². The van der Waals surface area contributed by atoms with E-state index < -0.39 is 7.12 Å². The molecule has 2 N–H and O–H groups in total. The number of benzene rings is 1. The number of likely N-dealkylation sites (N-methyl/N-ethyl adjacent to an activating group) is 1. The van der Waals surface area contributed by atoms with Crippen LogP contribution in [0.5, 0.6) is 0 Å². The van der Waals surface area contributed by atoms with E-state index in [2.05, 4.69) is 28.8 Å². The first-order valence-corrected chi connectivity index (χ1v) is 7.59. The lowest BCUT2D eigenvalue weighted by atomic mass is 9.77. The maximum Gasteiger partial charge on any atom is 0.488 e. The lowest BCUT2D eigenvalue weighted by Crippen LogP contribution is -2.48. The highest BCUT2D eigenvalue weighted by molar-refractivity contribution is 6.59. The van der Waals surface area contributed by atoms with E-state index in [-0.39, 0.29) is 0 Å². The predicted molar refractivity (Wildman–Crippen MR) is 86.5 cm³/mol. The average molecular weight is 291 g/mol. The molecule has 116 valence electrons. The zero-order valence-corrected chi connectivity index (χ0v) is 13.1. The lowest BCUT2D eigenvalue weighted by molar-refractivity contribution is 0.121. The summed E-state index contributed by atoms with van der Waals surface area (Å²) < 4.78 is 0. The van der Waals surface area contributed by atoms with Gasteiger partial charge >= 0.3 is 7.12 Å². The standard InChI is InChI=1S/C15H26BN3O2/c1-17(2)7-8-18-9-11-19(12-10-18)13-14-5-3-4-6-15(14)16(20)21/h3-6,20-21H,7-13H2,1-2H3. The van der Waals surface area contributed by atoms with Crippen molar-refractivity contribution < 1.29 is 10.0 Å². The van der Waals surface area contributed by atoms with Crippen LogP contribution in [0.3, 0.4) is 0 Å². The minimum absolute atomic E-state index is 0.618. The largest absolute Gasteiger partial charge is 0.488 e. The van der Waals surface area contributed by atoms with E-state index in [1.165, 1.54) is 0 Å². The van der Waals surface area contributed by atoms with Crippen LogP contribution in [0, 0.1) is 0 Å². The third-order valence-corrected chi connectivity index (χ3v) is 4.06. The summed E-state index contributed by atoms with van der Waals surface area (Å²) in [7, 11) is 2.82. The molecule has 21 heavy (non-hydrogen) atoms. The SMILES string of the molecule is CN(C)CCN1CCN(Cc2ccccc2B(O)O)CC1. The Labute approximate surface area is 127 Å². The third-order valence-electron chi connectivity index (χ3n) is 4.06. The molecule has 1 aromatic rings. The molecule has 0 aliphatic carbocycles. The Morgan fingerprint density at radius 1 is 1.05 bits per heavy atom. The Bertz CT molecular complexity index is 435. The Kier molecular flexibility index (Phi) is 6.20. The molecule has 1 aliphatic heterocycles.